The largest absolute Gasteiger partial charge is 0.484 e. The van der Waals surface area contributed by atoms with Gasteiger partial charge in [0.2, 0.25) is 5.91 Å². The molecule has 1 atom stereocenters. The van der Waals surface area contributed by atoms with E-state index in [1.54, 1.807) is 9.80 Å². The average molecular weight is 391 g/mol. The molecular formula is C21H30FN3O3. The number of amides is 2. The Balaban J connectivity index is 1.80. The lowest BCUT2D eigenvalue weighted by molar-refractivity contribution is -0.139. The Bertz CT molecular complexity index is 685. The van der Waals surface area contributed by atoms with Gasteiger partial charge in [0.25, 0.3) is 5.91 Å². The molecule has 0 radical (unpaired) electrons. The topological polar surface area (TPSA) is 53.1 Å². The smallest absolute Gasteiger partial charge is 0.260 e. The van der Waals surface area contributed by atoms with Crippen molar-refractivity contribution in [2.75, 3.05) is 45.9 Å². The van der Waals surface area contributed by atoms with Gasteiger partial charge in [-0.25, -0.2) is 4.39 Å². The number of benzene rings is 1. The van der Waals surface area contributed by atoms with Crippen LogP contribution >= 0.6 is 0 Å². The van der Waals surface area contributed by atoms with Crippen molar-refractivity contribution in [1.82, 2.24) is 14.7 Å². The normalized spacial score (nSPS) is 15.8. The van der Waals surface area contributed by atoms with Gasteiger partial charge in [-0.3, -0.25) is 14.5 Å². The average Bonchev–Trinajstić information content (AvgIpc) is 2.70. The van der Waals surface area contributed by atoms with E-state index in [1.165, 1.54) is 24.3 Å². The third-order valence-corrected chi connectivity index (χ3v) is 4.90. The number of piperazine rings is 1. The van der Waals surface area contributed by atoms with Gasteiger partial charge in [-0.2, -0.15) is 0 Å². The highest BCUT2D eigenvalue weighted by molar-refractivity contribution is 5.82. The van der Waals surface area contributed by atoms with Crippen molar-refractivity contribution in [3.8, 4) is 5.75 Å². The molecular weight excluding hydrogens is 361 g/mol. The number of nitrogens with zero attached hydrogens (tertiary/aromatic N) is 3. The monoisotopic (exact) mass is 391 g/mol. The number of likely N-dealkylation sites (N-methyl/N-ethyl adjacent to an activating group) is 1. The number of halogens is 1. The molecule has 2 amide bonds. The van der Waals surface area contributed by atoms with Crippen LogP contribution < -0.4 is 4.74 Å². The fourth-order valence-corrected chi connectivity index (χ4v) is 3.22. The van der Waals surface area contributed by atoms with E-state index < -0.39 is 0 Å². The van der Waals surface area contributed by atoms with Crippen LogP contribution in [0.4, 0.5) is 4.39 Å². The zero-order valence-corrected chi connectivity index (χ0v) is 17.0. The van der Waals surface area contributed by atoms with Crippen LogP contribution in [0.25, 0.3) is 0 Å². The minimum absolute atomic E-state index is 0.0810. The van der Waals surface area contributed by atoms with Crippen molar-refractivity contribution in [2.45, 2.75) is 26.8 Å². The Kier molecular flexibility index (Phi) is 7.99. The lowest BCUT2D eigenvalue weighted by Crippen LogP contribution is -2.56. The lowest BCUT2D eigenvalue weighted by Gasteiger charge is -2.38. The molecule has 1 aliphatic heterocycles. The van der Waals surface area contributed by atoms with Crippen LogP contribution in [-0.4, -0.2) is 78.4 Å². The summed E-state index contributed by atoms with van der Waals surface area (Å²) in [5, 5.41) is 0. The van der Waals surface area contributed by atoms with Crippen molar-refractivity contribution in [1.29, 1.82) is 0 Å². The zero-order valence-electron chi connectivity index (χ0n) is 17.0. The van der Waals surface area contributed by atoms with Crippen LogP contribution in [-0.2, 0) is 9.59 Å². The molecule has 6 nitrogen and oxygen atoms in total. The van der Waals surface area contributed by atoms with Gasteiger partial charge in [0, 0.05) is 39.3 Å². The van der Waals surface area contributed by atoms with Gasteiger partial charge in [0.15, 0.2) is 6.61 Å². The van der Waals surface area contributed by atoms with Crippen molar-refractivity contribution >= 4 is 11.8 Å². The van der Waals surface area contributed by atoms with Crippen LogP contribution in [0.15, 0.2) is 36.4 Å². The number of hydrogen-bond acceptors (Lipinski definition) is 4. The van der Waals surface area contributed by atoms with E-state index in [1.807, 2.05) is 20.8 Å². The first-order chi connectivity index (χ1) is 13.3. The summed E-state index contributed by atoms with van der Waals surface area (Å²) in [5.74, 6) is 0.0958. The van der Waals surface area contributed by atoms with Crippen LogP contribution in [0.1, 0.15) is 20.8 Å². The van der Waals surface area contributed by atoms with E-state index in [-0.39, 0.29) is 30.3 Å². The second-order valence-corrected chi connectivity index (χ2v) is 7.14. The lowest BCUT2D eigenvalue weighted by atomic mass is 10.2. The maximum absolute atomic E-state index is 12.9. The second-order valence-electron chi connectivity index (χ2n) is 7.14. The first kappa shape index (κ1) is 21.9. The molecule has 0 aliphatic carbocycles. The highest BCUT2D eigenvalue weighted by Gasteiger charge is 2.29. The van der Waals surface area contributed by atoms with Crippen molar-refractivity contribution in [2.24, 2.45) is 0 Å². The molecule has 1 saturated heterocycles. The summed E-state index contributed by atoms with van der Waals surface area (Å²) in [6.07, 6.45) is 0. The van der Waals surface area contributed by atoms with Gasteiger partial charge in [0.05, 0.1) is 6.04 Å². The van der Waals surface area contributed by atoms with Crippen LogP contribution in [0, 0.1) is 5.82 Å². The summed E-state index contributed by atoms with van der Waals surface area (Å²) in [6, 6.07) is 5.36. The summed E-state index contributed by atoms with van der Waals surface area (Å²) in [5.41, 5.74) is 0.957. The predicted molar refractivity (Wildman–Crippen MR) is 107 cm³/mol. The first-order valence-electron chi connectivity index (χ1n) is 9.65. The molecule has 0 bridgehead atoms. The van der Waals surface area contributed by atoms with Crippen molar-refractivity contribution in [3.63, 3.8) is 0 Å². The van der Waals surface area contributed by atoms with Crippen LogP contribution in [0.5, 0.6) is 5.75 Å². The molecule has 1 aromatic rings. The first-order valence-corrected chi connectivity index (χ1v) is 9.65. The summed E-state index contributed by atoms with van der Waals surface area (Å²) in [7, 11) is 0. The molecule has 28 heavy (non-hydrogen) atoms. The van der Waals surface area contributed by atoms with Crippen molar-refractivity contribution < 1.29 is 18.7 Å². The summed E-state index contributed by atoms with van der Waals surface area (Å²) < 4.78 is 18.3. The summed E-state index contributed by atoms with van der Waals surface area (Å²) in [6.45, 7) is 13.2. The van der Waals surface area contributed by atoms with E-state index in [9.17, 15) is 14.0 Å². The molecule has 1 aromatic carbocycles. The van der Waals surface area contributed by atoms with E-state index in [2.05, 4.69) is 11.5 Å². The third kappa shape index (κ3) is 6.05. The van der Waals surface area contributed by atoms with Gasteiger partial charge in [-0.15, -0.1) is 0 Å². The number of carbonyl (C=O) groups is 2. The number of ether oxygens (including phenoxy) is 1. The maximum atomic E-state index is 12.9. The predicted octanol–water partition coefficient (Wildman–Crippen LogP) is 2.16. The highest BCUT2D eigenvalue weighted by Crippen LogP contribution is 2.13. The van der Waals surface area contributed by atoms with Crippen LogP contribution in [0.3, 0.4) is 0 Å². The highest BCUT2D eigenvalue weighted by atomic mass is 19.1. The molecule has 1 heterocycles. The Labute approximate surface area is 166 Å². The summed E-state index contributed by atoms with van der Waals surface area (Å²) in [4.78, 5) is 30.7. The fourth-order valence-electron chi connectivity index (χ4n) is 3.22. The Morgan fingerprint density at radius 1 is 1.21 bits per heavy atom. The SMILES string of the molecule is C=C(C)CN(CC)C(=O)C(C)N1CCN(C(=O)COc2ccc(F)cc2)CC1. The summed E-state index contributed by atoms with van der Waals surface area (Å²) >= 11 is 0. The van der Waals surface area contributed by atoms with Gasteiger partial charge >= 0.3 is 0 Å². The molecule has 154 valence electrons. The molecule has 0 saturated carbocycles. The van der Waals surface area contributed by atoms with Crippen LogP contribution in [0.2, 0.25) is 0 Å². The van der Waals surface area contributed by atoms with E-state index in [0.29, 0.717) is 45.0 Å². The molecule has 1 unspecified atom stereocenters. The molecule has 7 heteroatoms. The second kappa shape index (κ2) is 10.2. The number of rotatable bonds is 8. The molecule has 0 N–H and O–H groups in total. The van der Waals surface area contributed by atoms with E-state index >= 15 is 0 Å². The molecule has 0 aromatic heterocycles. The van der Waals surface area contributed by atoms with Gasteiger partial charge in [0.1, 0.15) is 11.6 Å². The van der Waals surface area contributed by atoms with Gasteiger partial charge in [-0.05, 0) is 45.0 Å². The van der Waals surface area contributed by atoms with Crippen molar-refractivity contribution in [3.05, 3.63) is 42.2 Å². The Morgan fingerprint density at radius 3 is 2.36 bits per heavy atom. The third-order valence-electron chi connectivity index (χ3n) is 4.90. The van der Waals surface area contributed by atoms with Gasteiger partial charge < -0.3 is 14.5 Å². The standard InChI is InChI=1S/C21H30FN3O3/c1-5-23(14-16(2)3)21(27)17(4)24-10-12-25(13-11-24)20(26)15-28-19-8-6-18(22)7-9-19/h6-9,17H,2,5,10-15H2,1,3-4H3. The van der Waals surface area contributed by atoms with E-state index in [4.69, 9.17) is 4.74 Å². The van der Waals surface area contributed by atoms with E-state index in [0.717, 1.165) is 5.57 Å². The minimum atomic E-state index is -0.344. The molecule has 1 aliphatic rings. The number of hydrogen-bond donors (Lipinski definition) is 0. The van der Waals surface area contributed by atoms with Gasteiger partial charge in [-0.1, -0.05) is 12.2 Å². The molecule has 0 spiro atoms. The fraction of sp³-hybridized carbons (Fsp3) is 0.524. The number of carbonyl (C=O) groups excluding carboxylic acids is 2. The maximum Gasteiger partial charge on any atom is 0.260 e. The Morgan fingerprint density at radius 2 is 1.82 bits per heavy atom. The zero-order chi connectivity index (χ0) is 20.7. The molecule has 2 rings (SSSR count). The Hall–Kier alpha value is -2.41. The quantitative estimate of drug-likeness (QED) is 0.638. The molecule has 1 fully saturated rings. The minimum Gasteiger partial charge on any atom is -0.484 e.